The molecule has 4 aromatic rings. The van der Waals surface area contributed by atoms with Gasteiger partial charge in [0.2, 0.25) is 5.13 Å². The van der Waals surface area contributed by atoms with Crippen LogP contribution in [0.2, 0.25) is 0 Å². The number of nitrogens with zero attached hydrogens (tertiary/aromatic N) is 2. The third-order valence-corrected chi connectivity index (χ3v) is 5.27. The minimum Gasteiger partial charge on any atom is -0.422 e. The summed E-state index contributed by atoms with van der Waals surface area (Å²) in [7, 11) is 0. The van der Waals surface area contributed by atoms with Gasteiger partial charge in [0.15, 0.2) is 0 Å². The van der Waals surface area contributed by atoms with Gasteiger partial charge in [-0.25, -0.2) is 9.78 Å². The maximum Gasteiger partial charge on any atom is 0.353 e. The Morgan fingerprint density at radius 2 is 1.92 bits per heavy atom. The van der Waals surface area contributed by atoms with E-state index in [1.807, 2.05) is 47.8 Å². The molecule has 4 rings (SSSR count). The fourth-order valence-corrected chi connectivity index (χ4v) is 3.67. The van der Waals surface area contributed by atoms with Crippen molar-refractivity contribution in [3.8, 4) is 5.75 Å². The minimum atomic E-state index is -0.348. The Morgan fingerprint density at radius 1 is 1.08 bits per heavy atom. The zero-order chi connectivity index (χ0) is 17.8. The van der Waals surface area contributed by atoms with Crippen LogP contribution in [0.1, 0.15) is 15.2 Å². The molecule has 0 saturated carbocycles. The number of ether oxygens (including phenoxy) is 1. The molecule has 0 fully saturated rings. The number of nitrogens with one attached hydrogen (secondary N) is 1. The van der Waals surface area contributed by atoms with E-state index in [4.69, 9.17) is 4.74 Å². The Labute approximate surface area is 157 Å². The summed E-state index contributed by atoms with van der Waals surface area (Å²) in [5, 5.41) is 6.79. The first-order chi connectivity index (χ1) is 12.8. The van der Waals surface area contributed by atoms with E-state index in [0.717, 1.165) is 20.9 Å². The summed E-state index contributed by atoms with van der Waals surface area (Å²) in [6.07, 6.45) is 1.69. The lowest BCUT2D eigenvalue weighted by molar-refractivity contribution is 0.0740. The van der Waals surface area contributed by atoms with Crippen LogP contribution in [0.5, 0.6) is 5.75 Å². The molecular formula is C19H13N3O2S2. The van der Waals surface area contributed by atoms with Crippen LogP contribution in [0.3, 0.4) is 0 Å². The second-order valence-electron chi connectivity index (χ2n) is 5.29. The number of esters is 1. The van der Waals surface area contributed by atoms with E-state index in [1.54, 1.807) is 35.8 Å². The van der Waals surface area contributed by atoms with Crippen LogP contribution in [0.25, 0.3) is 10.2 Å². The van der Waals surface area contributed by atoms with Gasteiger partial charge in [0.1, 0.15) is 10.6 Å². The van der Waals surface area contributed by atoms with Gasteiger partial charge in [0.05, 0.1) is 16.4 Å². The summed E-state index contributed by atoms with van der Waals surface area (Å²) in [6, 6.07) is 18.6. The number of thiophene rings is 1. The molecule has 0 atom stereocenters. The summed E-state index contributed by atoms with van der Waals surface area (Å²) < 4.78 is 6.44. The topological polar surface area (TPSA) is 63.6 Å². The molecule has 0 radical (unpaired) electrons. The van der Waals surface area contributed by atoms with Crippen molar-refractivity contribution < 1.29 is 9.53 Å². The lowest BCUT2D eigenvalue weighted by Crippen LogP contribution is -2.06. The van der Waals surface area contributed by atoms with Crippen LogP contribution in [0.4, 0.5) is 5.13 Å². The summed E-state index contributed by atoms with van der Waals surface area (Å²) in [5.74, 6) is 0.151. The molecule has 26 heavy (non-hydrogen) atoms. The molecular weight excluding hydrogens is 366 g/mol. The van der Waals surface area contributed by atoms with Gasteiger partial charge in [-0.3, -0.25) is 5.43 Å². The lowest BCUT2D eigenvalue weighted by Gasteiger charge is -2.02. The van der Waals surface area contributed by atoms with Crippen LogP contribution in [0, 0.1) is 0 Å². The number of rotatable bonds is 5. The quantitative estimate of drug-likeness (QED) is 0.229. The zero-order valence-electron chi connectivity index (χ0n) is 13.5. The molecule has 0 unspecified atom stereocenters. The Kier molecular flexibility index (Phi) is 4.72. The smallest absolute Gasteiger partial charge is 0.353 e. The van der Waals surface area contributed by atoms with E-state index < -0.39 is 0 Å². The average molecular weight is 379 g/mol. The van der Waals surface area contributed by atoms with Crippen molar-refractivity contribution in [3.63, 3.8) is 0 Å². The van der Waals surface area contributed by atoms with Crippen molar-refractivity contribution in [2.45, 2.75) is 0 Å². The number of para-hydroxylation sites is 1. The molecule has 128 valence electrons. The number of hydrazone groups is 1. The predicted octanol–water partition coefficient (Wildman–Crippen LogP) is 5.02. The van der Waals surface area contributed by atoms with Crippen molar-refractivity contribution in [2.75, 3.05) is 5.43 Å². The maximum absolute atomic E-state index is 11.9. The lowest BCUT2D eigenvalue weighted by atomic mass is 10.2. The van der Waals surface area contributed by atoms with E-state index in [0.29, 0.717) is 10.6 Å². The van der Waals surface area contributed by atoms with Crippen LogP contribution in [-0.4, -0.2) is 17.2 Å². The second-order valence-corrected chi connectivity index (χ2v) is 7.27. The van der Waals surface area contributed by atoms with Gasteiger partial charge in [-0.15, -0.1) is 11.3 Å². The monoisotopic (exact) mass is 379 g/mol. The van der Waals surface area contributed by atoms with Crippen molar-refractivity contribution in [3.05, 3.63) is 76.5 Å². The van der Waals surface area contributed by atoms with E-state index in [-0.39, 0.29) is 5.97 Å². The first-order valence-corrected chi connectivity index (χ1v) is 9.48. The van der Waals surface area contributed by atoms with E-state index in [1.165, 1.54) is 11.3 Å². The van der Waals surface area contributed by atoms with Gasteiger partial charge in [-0.05, 0) is 53.4 Å². The summed E-state index contributed by atoms with van der Waals surface area (Å²) in [6.45, 7) is 0. The number of hydrogen-bond donors (Lipinski definition) is 1. The summed E-state index contributed by atoms with van der Waals surface area (Å²) in [5.41, 5.74) is 4.78. The third-order valence-electron chi connectivity index (χ3n) is 3.48. The van der Waals surface area contributed by atoms with Crippen molar-refractivity contribution in [1.29, 1.82) is 0 Å². The molecule has 2 aromatic heterocycles. The van der Waals surface area contributed by atoms with Gasteiger partial charge in [-0.2, -0.15) is 5.10 Å². The number of thiazole rings is 1. The average Bonchev–Trinajstić information content (AvgIpc) is 3.32. The largest absolute Gasteiger partial charge is 0.422 e. The van der Waals surface area contributed by atoms with Gasteiger partial charge in [0, 0.05) is 0 Å². The van der Waals surface area contributed by atoms with Crippen molar-refractivity contribution >= 4 is 50.2 Å². The SMILES string of the molecule is O=C(Oc1ccc(/C=N\Nc2nc3ccccc3s2)cc1)c1cccs1. The number of carbonyl (C=O) groups excluding carboxylic acids is 1. The molecule has 0 amide bonds. The highest BCUT2D eigenvalue weighted by Gasteiger charge is 2.09. The first kappa shape index (κ1) is 16.4. The fraction of sp³-hybridized carbons (Fsp3) is 0. The van der Waals surface area contributed by atoms with E-state index >= 15 is 0 Å². The van der Waals surface area contributed by atoms with Crippen molar-refractivity contribution in [2.24, 2.45) is 5.10 Å². The Balaban J connectivity index is 1.37. The van der Waals surface area contributed by atoms with Gasteiger partial charge >= 0.3 is 5.97 Å². The van der Waals surface area contributed by atoms with E-state index in [2.05, 4.69) is 15.5 Å². The maximum atomic E-state index is 11.9. The minimum absolute atomic E-state index is 0.348. The molecule has 5 nitrogen and oxygen atoms in total. The van der Waals surface area contributed by atoms with Gasteiger partial charge < -0.3 is 4.74 Å². The Hall–Kier alpha value is -3.03. The Bertz CT molecular complexity index is 1020. The molecule has 2 heterocycles. The molecule has 0 aliphatic heterocycles. The first-order valence-electron chi connectivity index (χ1n) is 7.78. The molecule has 2 aromatic carbocycles. The fourth-order valence-electron chi connectivity index (χ4n) is 2.26. The number of anilines is 1. The highest BCUT2D eigenvalue weighted by Crippen LogP contribution is 2.25. The van der Waals surface area contributed by atoms with Crippen LogP contribution < -0.4 is 10.2 Å². The highest BCUT2D eigenvalue weighted by molar-refractivity contribution is 7.22. The second kappa shape index (κ2) is 7.47. The molecule has 0 spiro atoms. The molecule has 0 bridgehead atoms. The number of carbonyl (C=O) groups is 1. The molecule has 0 aliphatic rings. The highest BCUT2D eigenvalue weighted by atomic mass is 32.1. The van der Waals surface area contributed by atoms with Crippen molar-refractivity contribution in [1.82, 2.24) is 4.98 Å². The van der Waals surface area contributed by atoms with E-state index in [9.17, 15) is 4.79 Å². The van der Waals surface area contributed by atoms with Gasteiger partial charge in [-0.1, -0.05) is 29.5 Å². The normalized spacial score (nSPS) is 11.1. The standard InChI is InChI=1S/C19H13N3O2S2/c23-18(17-6-3-11-25-17)24-14-9-7-13(8-10-14)12-20-22-19-21-15-4-1-2-5-16(15)26-19/h1-12H,(H,21,22)/b20-12-. The molecule has 0 aliphatic carbocycles. The summed E-state index contributed by atoms with van der Waals surface area (Å²) in [4.78, 5) is 16.9. The van der Waals surface area contributed by atoms with Crippen LogP contribution in [-0.2, 0) is 0 Å². The number of fused-ring (bicyclic) bond motifs is 1. The van der Waals surface area contributed by atoms with Gasteiger partial charge in [0.25, 0.3) is 0 Å². The zero-order valence-corrected chi connectivity index (χ0v) is 15.1. The molecule has 1 N–H and O–H groups in total. The summed E-state index contributed by atoms with van der Waals surface area (Å²) >= 11 is 2.90. The molecule has 0 saturated heterocycles. The number of benzene rings is 2. The van der Waals surface area contributed by atoms with Crippen LogP contribution >= 0.6 is 22.7 Å². The Morgan fingerprint density at radius 3 is 2.69 bits per heavy atom. The number of aromatic nitrogens is 1. The number of hydrogen-bond acceptors (Lipinski definition) is 7. The van der Waals surface area contributed by atoms with Crippen LogP contribution in [0.15, 0.2) is 71.1 Å². The third kappa shape index (κ3) is 3.79. The predicted molar refractivity (Wildman–Crippen MR) is 107 cm³/mol. The molecule has 7 heteroatoms.